The van der Waals surface area contributed by atoms with Crippen LogP contribution in [0.2, 0.25) is 0 Å². The lowest BCUT2D eigenvalue weighted by Gasteiger charge is -2.25. The van der Waals surface area contributed by atoms with Crippen LogP contribution in [0.3, 0.4) is 0 Å². The monoisotopic (exact) mass is 485 g/mol. The summed E-state index contributed by atoms with van der Waals surface area (Å²) >= 11 is 0. The molecule has 1 aliphatic heterocycles. The van der Waals surface area contributed by atoms with E-state index in [9.17, 15) is 14.7 Å². The number of hydrogen-bond acceptors (Lipinski definition) is 6. The molecule has 4 rings (SSSR count). The highest BCUT2D eigenvalue weighted by molar-refractivity contribution is 6.46. The first-order chi connectivity index (χ1) is 17.4. The van der Waals surface area contributed by atoms with Crippen LogP contribution in [0.5, 0.6) is 5.75 Å². The average molecular weight is 486 g/mol. The van der Waals surface area contributed by atoms with Crippen molar-refractivity contribution in [3.05, 3.63) is 101 Å². The standard InChI is InChI=1S/C29H31N3O4/c1-20-8-4-5-9-23(20)19-36-24-13-11-21(12-14-24)27(33)25-26(22-10-6-15-30-18-22)32(29(35)28(25)34)17-7-16-31(2)3/h4-6,8-15,18,26,33H,7,16-17,19H2,1-3H3/b27-25+/t26-/m1/s1. The number of aromatic nitrogens is 1. The summed E-state index contributed by atoms with van der Waals surface area (Å²) in [6.07, 6.45) is 3.96. The van der Waals surface area contributed by atoms with Gasteiger partial charge in [-0.1, -0.05) is 30.3 Å². The third-order valence-electron chi connectivity index (χ3n) is 6.33. The molecule has 0 saturated carbocycles. The largest absolute Gasteiger partial charge is 0.507 e. The van der Waals surface area contributed by atoms with Gasteiger partial charge in [0.15, 0.2) is 0 Å². The van der Waals surface area contributed by atoms with E-state index in [1.165, 1.54) is 4.90 Å². The van der Waals surface area contributed by atoms with Crippen molar-refractivity contribution in [1.82, 2.24) is 14.8 Å². The SMILES string of the molecule is Cc1ccccc1COc1ccc(/C(O)=C2\C(=O)C(=O)N(CCCN(C)C)[C@@H]2c2cccnc2)cc1. The molecule has 1 saturated heterocycles. The van der Waals surface area contributed by atoms with E-state index < -0.39 is 17.7 Å². The molecule has 1 amide bonds. The number of Topliss-reactive ketones (excluding diaryl/α,β-unsaturated/α-hetero) is 1. The van der Waals surface area contributed by atoms with E-state index >= 15 is 0 Å². The normalized spacial score (nSPS) is 17.1. The van der Waals surface area contributed by atoms with Crippen molar-refractivity contribution in [3.63, 3.8) is 0 Å². The van der Waals surface area contributed by atoms with E-state index in [1.807, 2.05) is 56.3 Å². The van der Waals surface area contributed by atoms with Crippen molar-refractivity contribution in [2.24, 2.45) is 0 Å². The van der Waals surface area contributed by atoms with Crippen molar-refractivity contribution in [3.8, 4) is 5.75 Å². The molecule has 7 nitrogen and oxygen atoms in total. The zero-order valence-electron chi connectivity index (χ0n) is 20.8. The molecule has 2 aromatic carbocycles. The highest BCUT2D eigenvalue weighted by Gasteiger charge is 2.45. The third-order valence-corrected chi connectivity index (χ3v) is 6.33. The Kier molecular flexibility index (Phi) is 7.80. The highest BCUT2D eigenvalue weighted by atomic mass is 16.5. The van der Waals surface area contributed by atoms with E-state index in [2.05, 4.69) is 4.98 Å². The fraction of sp³-hybridized carbons (Fsp3) is 0.276. The van der Waals surface area contributed by atoms with Gasteiger partial charge >= 0.3 is 0 Å². The molecule has 0 unspecified atom stereocenters. The Hall–Kier alpha value is -3.97. The van der Waals surface area contributed by atoms with E-state index in [-0.39, 0.29) is 11.3 Å². The maximum atomic E-state index is 13.1. The number of ether oxygens (including phenoxy) is 1. The van der Waals surface area contributed by atoms with Gasteiger partial charge in [0.2, 0.25) is 0 Å². The van der Waals surface area contributed by atoms with Crippen molar-refractivity contribution in [2.75, 3.05) is 27.2 Å². The molecule has 1 atom stereocenters. The Morgan fingerprint density at radius 3 is 2.47 bits per heavy atom. The molecule has 1 aromatic heterocycles. The lowest BCUT2D eigenvalue weighted by atomic mass is 9.96. The summed E-state index contributed by atoms with van der Waals surface area (Å²) < 4.78 is 5.90. The number of hydrogen-bond donors (Lipinski definition) is 1. The van der Waals surface area contributed by atoms with Gasteiger partial charge in [-0.3, -0.25) is 14.6 Å². The first kappa shape index (κ1) is 25.1. The summed E-state index contributed by atoms with van der Waals surface area (Å²) in [6, 6.07) is 17.8. The fourth-order valence-corrected chi connectivity index (χ4v) is 4.35. The minimum Gasteiger partial charge on any atom is -0.507 e. The summed E-state index contributed by atoms with van der Waals surface area (Å²) in [4.78, 5) is 33.8. The second-order valence-electron chi connectivity index (χ2n) is 9.18. The molecule has 186 valence electrons. The van der Waals surface area contributed by atoms with Gasteiger partial charge in [-0.15, -0.1) is 0 Å². The Morgan fingerprint density at radius 1 is 1.06 bits per heavy atom. The molecule has 7 heteroatoms. The molecular weight excluding hydrogens is 454 g/mol. The van der Waals surface area contributed by atoms with Crippen LogP contribution in [-0.4, -0.2) is 58.8 Å². The Bertz CT molecular complexity index is 1250. The summed E-state index contributed by atoms with van der Waals surface area (Å²) in [7, 11) is 3.92. The lowest BCUT2D eigenvalue weighted by molar-refractivity contribution is -0.139. The topological polar surface area (TPSA) is 83.0 Å². The zero-order valence-corrected chi connectivity index (χ0v) is 20.8. The van der Waals surface area contributed by atoms with Crippen molar-refractivity contribution < 1.29 is 19.4 Å². The summed E-state index contributed by atoms with van der Waals surface area (Å²) in [6.45, 7) is 3.63. The third kappa shape index (κ3) is 5.47. The number of likely N-dealkylation sites (tertiary alicyclic amines) is 1. The lowest BCUT2D eigenvalue weighted by Crippen LogP contribution is -2.32. The van der Waals surface area contributed by atoms with Crippen LogP contribution in [0.25, 0.3) is 5.76 Å². The number of ketones is 1. The van der Waals surface area contributed by atoms with Gasteiger partial charge in [0, 0.05) is 24.5 Å². The highest BCUT2D eigenvalue weighted by Crippen LogP contribution is 2.39. The Labute approximate surface area is 211 Å². The van der Waals surface area contributed by atoms with Crippen LogP contribution in [0, 0.1) is 6.92 Å². The molecule has 0 spiro atoms. The predicted octanol–water partition coefficient (Wildman–Crippen LogP) is 4.34. The number of benzene rings is 2. The summed E-state index contributed by atoms with van der Waals surface area (Å²) in [5.41, 5.74) is 3.44. The number of aryl methyl sites for hydroxylation is 1. The maximum Gasteiger partial charge on any atom is 0.295 e. The minimum absolute atomic E-state index is 0.0754. The van der Waals surface area contributed by atoms with Crippen LogP contribution >= 0.6 is 0 Å². The van der Waals surface area contributed by atoms with Crippen LogP contribution in [0.15, 0.2) is 78.6 Å². The smallest absolute Gasteiger partial charge is 0.295 e. The molecule has 3 aromatic rings. The van der Waals surface area contributed by atoms with Gasteiger partial charge in [-0.25, -0.2) is 0 Å². The molecule has 0 aliphatic carbocycles. The summed E-state index contributed by atoms with van der Waals surface area (Å²) in [5.74, 6) is -0.862. The van der Waals surface area contributed by atoms with E-state index in [4.69, 9.17) is 4.74 Å². The second kappa shape index (κ2) is 11.2. The number of amides is 1. The van der Waals surface area contributed by atoms with Crippen LogP contribution in [0.1, 0.15) is 34.7 Å². The van der Waals surface area contributed by atoms with Gasteiger partial charge < -0.3 is 19.6 Å². The van der Waals surface area contributed by atoms with Crippen molar-refractivity contribution in [1.29, 1.82) is 0 Å². The number of carbonyl (C=O) groups is 2. The molecule has 0 bridgehead atoms. The van der Waals surface area contributed by atoms with Crippen molar-refractivity contribution >= 4 is 17.4 Å². The molecule has 36 heavy (non-hydrogen) atoms. The number of nitrogens with zero attached hydrogens (tertiary/aromatic N) is 3. The molecular formula is C29H31N3O4. The van der Waals surface area contributed by atoms with E-state index in [0.29, 0.717) is 36.4 Å². The van der Waals surface area contributed by atoms with Gasteiger partial charge in [-0.05, 0) is 81.0 Å². The van der Waals surface area contributed by atoms with Crippen molar-refractivity contribution in [2.45, 2.75) is 26.0 Å². The van der Waals surface area contributed by atoms with Gasteiger partial charge in [-0.2, -0.15) is 0 Å². The summed E-state index contributed by atoms with van der Waals surface area (Å²) in [5, 5.41) is 11.2. The van der Waals surface area contributed by atoms with Crippen LogP contribution in [0.4, 0.5) is 0 Å². The number of carbonyl (C=O) groups excluding carboxylic acids is 2. The van der Waals surface area contributed by atoms with E-state index in [1.54, 1.807) is 42.7 Å². The average Bonchev–Trinajstić information content (AvgIpc) is 3.13. The van der Waals surface area contributed by atoms with Crippen LogP contribution in [-0.2, 0) is 16.2 Å². The first-order valence-corrected chi connectivity index (χ1v) is 12.0. The first-order valence-electron chi connectivity index (χ1n) is 12.0. The zero-order chi connectivity index (χ0) is 25.7. The fourth-order valence-electron chi connectivity index (χ4n) is 4.35. The molecule has 2 heterocycles. The van der Waals surface area contributed by atoms with Gasteiger partial charge in [0.25, 0.3) is 11.7 Å². The molecule has 1 N–H and O–H groups in total. The van der Waals surface area contributed by atoms with Crippen LogP contribution < -0.4 is 4.74 Å². The number of pyridine rings is 1. The minimum atomic E-state index is -0.696. The maximum absolute atomic E-state index is 13.1. The molecule has 0 radical (unpaired) electrons. The van der Waals surface area contributed by atoms with Gasteiger partial charge in [0.1, 0.15) is 18.1 Å². The Morgan fingerprint density at radius 2 is 1.81 bits per heavy atom. The number of aliphatic hydroxyl groups is 1. The number of rotatable bonds is 9. The Balaban J connectivity index is 1.61. The molecule has 1 aliphatic rings. The molecule has 1 fully saturated rings. The predicted molar refractivity (Wildman–Crippen MR) is 138 cm³/mol. The number of aliphatic hydroxyl groups excluding tert-OH is 1. The quantitative estimate of drug-likeness (QED) is 0.276. The van der Waals surface area contributed by atoms with E-state index in [0.717, 1.165) is 17.7 Å². The van der Waals surface area contributed by atoms with Gasteiger partial charge in [0.05, 0.1) is 11.6 Å². The second-order valence-corrected chi connectivity index (χ2v) is 9.18.